The summed E-state index contributed by atoms with van der Waals surface area (Å²) >= 11 is 0. The molecule has 0 radical (unpaired) electrons. The number of nitrogens with zero attached hydrogens (tertiary/aromatic N) is 2. The van der Waals surface area contributed by atoms with Crippen LogP contribution in [0.15, 0.2) is 29.1 Å². The molecule has 6 heteroatoms. The van der Waals surface area contributed by atoms with E-state index in [0.29, 0.717) is 18.0 Å². The van der Waals surface area contributed by atoms with E-state index in [4.69, 9.17) is 5.73 Å². The monoisotopic (exact) mass is 287 g/mol. The highest BCUT2D eigenvalue weighted by molar-refractivity contribution is 5.90. The maximum absolute atomic E-state index is 11.8. The second kappa shape index (κ2) is 6.24. The third kappa shape index (κ3) is 3.06. The van der Waals surface area contributed by atoms with Crippen molar-refractivity contribution in [2.45, 2.75) is 18.9 Å². The second-order valence-corrected chi connectivity index (χ2v) is 5.50. The first kappa shape index (κ1) is 14.0. The van der Waals surface area contributed by atoms with E-state index < -0.39 is 0 Å². The van der Waals surface area contributed by atoms with E-state index in [2.05, 4.69) is 20.4 Å². The largest absolute Gasteiger partial charge is 0.365 e. The number of anilines is 1. The fraction of sp³-hybridized carbons (Fsp3) is 0.467. The first-order chi connectivity index (χ1) is 10.3. The van der Waals surface area contributed by atoms with Crippen LogP contribution >= 0.6 is 0 Å². The third-order valence-electron chi connectivity index (χ3n) is 4.07. The van der Waals surface area contributed by atoms with E-state index in [0.717, 1.165) is 43.7 Å². The predicted molar refractivity (Wildman–Crippen MR) is 84.5 cm³/mol. The van der Waals surface area contributed by atoms with Gasteiger partial charge in [-0.2, -0.15) is 5.10 Å². The van der Waals surface area contributed by atoms with E-state index in [1.165, 1.54) is 0 Å². The molecule has 1 aliphatic heterocycles. The summed E-state index contributed by atoms with van der Waals surface area (Å²) in [6.45, 7) is 3.78. The maximum atomic E-state index is 11.8. The minimum Gasteiger partial charge on any atom is -0.365 e. The highest BCUT2D eigenvalue weighted by atomic mass is 16.1. The number of likely N-dealkylation sites (tertiary alicyclic amines) is 1. The average molecular weight is 287 g/mol. The molecular formula is C15H21N5O. The molecular weight excluding hydrogens is 266 g/mol. The summed E-state index contributed by atoms with van der Waals surface area (Å²) in [6, 6.07) is 7.94. The smallest absolute Gasteiger partial charge is 0.272 e. The normalized spacial score (nSPS) is 17.2. The Morgan fingerprint density at radius 3 is 2.71 bits per heavy atom. The molecule has 1 saturated heterocycles. The molecule has 0 spiro atoms. The maximum Gasteiger partial charge on any atom is 0.272 e. The molecule has 4 N–H and O–H groups in total. The summed E-state index contributed by atoms with van der Waals surface area (Å²) in [7, 11) is 0. The van der Waals surface area contributed by atoms with Crippen molar-refractivity contribution < 1.29 is 0 Å². The topological polar surface area (TPSA) is 87.0 Å². The van der Waals surface area contributed by atoms with Crippen LogP contribution < -0.4 is 16.6 Å². The zero-order valence-electron chi connectivity index (χ0n) is 12.0. The number of hydrogen-bond acceptors (Lipinski definition) is 5. The fourth-order valence-corrected chi connectivity index (χ4v) is 2.90. The second-order valence-electron chi connectivity index (χ2n) is 5.50. The molecule has 1 fully saturated rings. The van der Waals surface area contributed by atoms with Gasteiger partial charge in [-0.15, -0.1) is 0 Å². The first-order valence-electron chi connectivity index (χ1n) is 7.44. The van der Waals surface area contributed by atoms with Crippen LogP contribution in [0.4, 0.5) is 5.82 Å². The lowest BCUT2D eigenvalue weighted by molar-refractivity contribution is 0.224. The number of fused-ring (bicyclic) bond motifs is 1. The number of rotatable bonds is 4. The Morgan fingerprint density at radius 1 is 1.29 bits per heavy atom. The van der Waals surface area contributed by atoms with Gasteiger partial charge in [-0.25, -0.2) is 5.10 Å². The van der Waals surface area contributed by atoms with Crippen LogP contribution in [-0.4, -0.2) is 47.3 Å². The van der Waals surface area contributed by atoms with Crippen LogP contribution in [0.25, 0.3) is 10.8 Å². The third-order valence-corrected chi connectivity index (χ3v) is 4.07. The van der Waals surface area contributed by atoms with Gasteiger partial charge in [-0.1, -0.05) is 18.2 Å². The van der Waals surface area contributed by atoms with Crippen molar-refractivity contribution >= 4 is 16.6 Å². The average Bonchev–Trinajstić information content (AvgIpc) is 2.52. The Hall–Kier alpha value is -1.92. The van der Waals surface area contributed by atoms with Gasteiger partial charge in [0, 0.05) is 37.6 Å². The minimum absolute atomic E-state index is 0.145. The molecule has 0 saturated carbocycles. The molecule has 6 nitrogen and oxygen atoms in total. The number of piperidine rings is 1. The van der Waals surface area contributed by atoms with Crippen molar-refractivity contribution in [3.63, 3.8) is 0 Å². The zero-order chi connectivity index (χ0) is 14.7. The van der Waals surface area contributed by atoms with Crippen molar-refractivity contribution in [1.29, 1.82) is 0 Å². The number of H-pyrrole nitrogens is 1. The van der Waals surface area contributed by atoms with Crippen molar-refractivity contribution in [2.75, 3.05) is 31.5 Å². The summed E-state index contributed by atoms with van der Waals surface area (Å²) in [5.41, 5.74) is 5.45. The van der Waals surface area contributed by atoms with Crippen molar-refractivity contribution in [1.82, 2.24) is 15.1 Å². The number of nitrogens with two attached hydrogens (primary N) is 1. The minimum atomic E-state index is -0.145. The summed E-state index contributed by atoms with van der Waals surface area (Å²) in [4.78, 5) is 14.2. The van der Waals surface area contributed by atoms with Gasteiger partial charge in [0.2, 0.25) is 0 Å². The summed E-state index contributed by atoms with van der Waals surface area (Å²) < 4.78 is 0. The lowest BCUT2D eigenvalue weighted by atomic mass is 10.0. The molecule has 0 aliphatic carbocycles. The van der Waals surface area contributed by atoms with Gasteiger partial charge < -0.3 is 16.0 Å². The van der Waals surface area contributed by atoms with Crippen LogP contribution in [0.1, 0.15) is 12.8 Å². The van der Waals surface area contributed by atoms with E-state index in [9.17, 15) is 4.79 Å². The number of aromatic amines is 1. The SMILES string of the molecule is NCCN1CCC(Nc2n[nH]c(=O)c3ccccc23)CC1. The molecule has 1 aromatic heterocycles. The molecule has 0 atom stereocenters. The van der Waals surface area contributed by atoms with Crippen LogP contribution in [0.2, 0.25) is 0 Å². The van der Waals surface area contributed by atoms with Crippen LogP contribution in [0.5, 0.6) is 0 Å². The highest BCUT2D eigenvalue weighted by Gasteiger charge is 2.19. The summed E-state index contributed by atoms with van der Waals surface area (Å²) in [5.74, 6) is 0.766. The number of aromatic nitrogens is 2. The molecule has 112 valence electrons. The number of hydrogen-bond donors (Lipinski definition) is 3. The van der Waals surface area contributed by atoms with Crippen LogP contribution in [0.3, 0.4) is 0 Å². The molecule has 21 heavy (non-hydrogen) atoms. The van der Waals surface area contributed by atoms with Gasteiger partial charge in [0.1, 0.15) is 0 Å². The van der Waals surface area contributed by atoms with Gasteiger partial charge in [-0.05, 0) is 18.9 Å². The Bertz CT molecular complexity index is 660. The molecule has 3 rings (SSSR count). The molecule has 2 heterocycles. The van der Waals surface area contributed by atoms with Crippen molar-refractivity contribution in [2.24, 2.45) is 5.73 Å². The Morgan fingerprint density at radius 2 is 2.00 bits per heavy atom. The van der Waals surface area contributed by atoms with Crippen LogP contribution in [-0.2, 0) is 0 Å². The van der Waals surface area contributed by atoms with E-state index >= 15 is 0 Å². The first-order valence-corrected chi connectivity index (χ1v) is 7.44. The fourth-order valence-electron chi connectivity index (χ4n) is 2.90. The molecule has 0 unspecified atom stereocenters. The molecule has 0 amide bonds. The zero-order valence-corrected chi connectivity index (χ0v) is 12.0. The lowest BCUT2D eigenvalue weighted by Crippen LogP contribution is -2.41. The van der Waals surface area contributed by atoms with Gasteiger partial charge in [-0.3, -0.25) is 4.79 Å². The van der Waals surface area contributed by atoms with Crippen LogP contribution in [0, 0.1) is 0 Å². The highest BCUT2D eigenvalue weighted by Crippen LogP contribution is 2.20. The number of benzene rings is 1. The molecule has 1 aromatic carbocycles. The Labute approximate surface area is 123 Å². The molecule has 2 aromatic rings. The Kier molecular flexibility index (Phi) is 4.17. The summed E-state index contributed by atoms with van der Waals surface area (Å²) in [6.07, 6.45) is 2.13. The van der Waals surface area contributed by atoms with E-state index in [1.54, 1.807) is 0 Å². The van der Waals surface area contributed by atoms with Gasteiger partial charge in [0.05, 0.1) is 5.39 Å². The van der Waals surface area contributed by atoms with Gasteiger partial charge >= 0.3 is 0 Å². The van der Waals surface area contributed by atoms with E-state index in [-0.39, 0.29) is 5.56 Å². The van der Waals surface area contributed by atoms with E-state index in [1.807, 2.05) is 24.3 Å². The van der Waals surface area contributed by atoms with Crippen molar-refractivity contribution in [3.05, 3.63) is 34.6 Å². The van der Waals surface area contributed by atoms with Gasteiger partial charge in [0.15, 0.2) is 5.82 Å². The number of nitrogens with one attached hydrogen (secondary N) is 2. The predicted octanol–water partition coefficient (Wildman–Crippen LogP) is 0.758. The van der Waals surface area contributed by atoms with Gasteiger partial charge in [0.25, 0.3) is 5.56 Å². The summed E-state index contributed by atoms with van der Waals surface area (Å²) in [5, 5.41) is 11.8. The quantitative estimate of drug-likeness (QED) is 0.773. The Balaban J connectivity index is 1.74. The molecule has 1 aliphatic rings. The van der Waals surface area contributed by atoms with Crippen molar-refractivity contribution in [3.8, 4) is 0 Å². The lowest BCUT2D eigenvalue weighted by Gasteiger charge is -2.32. The standard InChI is InChI=1S/C15H21N5O/c16-7-10-20-8-5-11(6-9-20)17-14-12-3-1-2-4-13(12)15(21)19-18-14/h1-4,11H,5-10,16H2,(H,17,18)(H,19,21). The molecule has 0 bridgehead atoms.